The Hall–Kier alpha value is -3.02. The van der Waals surface area contributed by atoms with Gasteiger partial charge in [-0.25, -0.2) is 4.98 Å². The van der Waals surface area contributed by atoms with Gasteiger partial charge in [0, 0.05) is 17.6 Å². The van der Waals surface area contributed by atoms with E-state index < -0.39 is 5.91 Å². The van der Waals surface area contributed by atoms with E-state index in [0.29, 0.717) is 23.3 Å². The van der Waals surface area contributed by atoms with Crippen molar-refractivity contribution < 1.29 is 4.79 Å². The van der Waals surface area contributed by atoms with Crippen LogP contribution in [0.2, 0.25) is 0 Å². The molecule has 0 saturated carbocycles. The van der Waals surface area contributed by atoms with Crippen LogP contribution in [-0.4, -0.2) is 20.7 Å². The zero-order valence-corrected chi connectivity index (χ0v) is 12.9. The minimum absolute atomic E-state index is 0.131. The summed E-state index contributed by atoms with van der Waals surface area (Å²) in [5.41, 5.74) is 0.981. The van der Waals surface area contributed by atoms with E-state index in [4.69, 9.17) is 0 Å². The Bertz CT molecular complexity index is 947. The zero-order valence-electron chi connectivity index (χ0n) is 12.9. The molecule has 3 rings (SSSR count). The maximum Gasteiger partial charge on any atom is 0.281 e. The van der Waals surface area contributed by atoms with E-state index in [1.54, 1.807) is 28.9 Å². The van der Waals surface area contributed by atoms with Gasteiger partial charge >= 0.3 is 0 Å². The number of fused-ring (bicyclic) bond motifs is 1. The Morgan fingerprint density at radius 1 is 1.17 bits per heavy atom. The summed E-state index contributed by atoms with van der Waals surface area (Å²) in [6.07, 6.45) is 0. The Balaban J connectivity index is 2.07. The van der Waals surface area contributed by atoms with Gasteiger partial charge in [-0.2, -0.15) is 5.10 Å². The largest absolute Gasteiger partial charge is 0.305 e. The second kappa shape index (κ2) is 6.00. The summed E-state index contributed by atoms with van der Waals surface area (Å²) in [7, 11) is 0. The summed E-state index contributed by atoms with van der Waals surface area (Å²) in [5, 5.41) is 7.31. The number of benzene rings is 1. The van der Waals surface area contributed by atoms with Crippen molar-refractivity contribution in [2.75, 3.05) is 5.32 Å². The van der Waals surface area contributed by atoms with Crippen LogP contribution in [0.3, 0.4) is 0 Å². The predicted molar refractivity (Wildman–Crippen MR) is 88.6 cm³/mol. The van der Waals surface area contributed by atoms with Crippen LogP contribution in [0.15, 0.2) is 47.3 Å². The lowest BCUT2D eigenvalue weighted by Crippen LogP contribution is -2.27. The molecule has 0 spiro atoms. The van der Waals surface area contributed by atoms with Crippen molar-refractivity contribution in [1.82, 2.24) is 14.8 Å². The highest BCUT2D eigenvalue weighted by Crippen LogP contribution is 2.11. The topological polar surface area (TPSA) is 76.9 Å². The first-order valence-electron chi connectivity index (χ1n) is 7.35. The van der Waals surface area contributed by atoms with E-state index in [2.05, 4.69) is 15.4 Å². The smallest absolute Gasteiger partial charge is 0.281 e. The number of para-hydroxylation sites is 1. The van der Waals surface area contributed by atoms with Gasteiger partial charge in [0.2, 0.25) is 5.43 Å². The van der Waals surface area contributed by atoms with Gasteiger partial charge in [0.1, 0.15) is 5.82 Å². The molecule has 0 aliphatic heterocycles. The number of anilines is 1. The number of rotatable bonds is 3. The number of pyridine rings is 1. The molecule has 0 unspecified atom stereocenters. The number of hydrogen-bond acceptors (Lipinski definition) is 4. The van der Waals surface area contributed by atoms with Gasteiger partial charge in [-0.15, -0.1) is 0 Å². The third kappa shape index (κ3) is 2.83. The summed E-state index contributed by atoms with van der Waals surface area (Å²) in [4.78, 5) is 29.2. The number of aryl methyl sites for hydroxylation is 2. The van der Waals surface area contributed by atoms with Gasteiger partial charge in [0.05, 0.1) is 5.52 Å². The molecule has 1 amide bonds. The molecule has 3 aromatic rings. The van der Waals surface area contributed by atoms with E-state index >= 15 is 0 Å². The van der Waals surface area contributed by atoms with Gasteiger partial charge in [0.25, 0.3) is 5.91 Å². The van der Waals surface area contributed by atoms with Crippen LogP contribution in [-0.2, 0) is 6.54 Å². The standard InChI is InChI=1S/C17H16N4O2/c1-3-21-13-9-5-4-8-12(13)16(22)15(20-21)17(23)19-14-10-6-7-11(2)18-14/h4-10H,3H2,1-2H3,(H,18,19,23). The Morgan fingerprint density at radius 2 is 1.96 bits per heavy atom. The highest BCUT2D eigenvalue weighted by atomic mass is 16.2. The third-order valence-electron chi connectivity index (χ3n) is 3.51. The number of amides is 1. The fourth-order valence-corrected chi connectivity index (χ4v) is 2.42. The monoisotopic (exact) mass is 308 g/mol. The van der Waals surface area contributed by atoms with E-state index in [0.717, 1.165) is 5.69 Å². The van der Waals surface area contributed by atoms with Crippen molar-refractivity contribution in [1.29, 1.82) is 0 Å². The summed E-state index contributed by atoms with van der Waals surface area (Å²) < 4.78 is 1.65. The van der Waals surface area contributed by atoms with Gasteiger partial charge in [-0.1, -0.05) is 18.2 Å². The molecule has 6 heteroatoms. The minimum Gasteiger partial charge on any atom is -0.305 e. The first-order chi connectivity index (χ1) is 11.1. The zero-order chi connectivity index (χ0) is 16.4. The molecule has 6 nitrogen and oxygen atoms in total. The molecule has 2 aromatic heterocycles. The summed E-state index contributed by atoms with van der Waals surface area (Å²) >= 11 is 0. The number of carbonyl (C=O) groups excluding carboxylic acids is 1. The molecule has 0 radical (unpaired) electrons. The number of nitrogens with one attached hydrogen (secondary N) is 1. The van der Waals surface area contributed by atoms with Gasteiger partial charge in [-0.05, 0) is 38.1 Å². The van der Waals surface area contributed by atoms with E-state index in [-0.39, 0.29) is 11.1 Å². The highest BCUT2D eigenvalue weighted by Gasteiger charge is 2.17. The molecule has 0 aliphatic rings. The lowest BCUT2D eigenvalue weighted by atomic mass is 10.2. The van der Waals surface area contributed by atoms with Crippen molar-refractivity contribution in [2.24, 2.45) is 0 Å². The maximum atomic E-state index is 12.5. The van der Waals surface area contributed by atoms with E-state index in [1.807, 2.05) is 32.0 Å². The van der Waals surface area contributed by atoms with Crippen molar-refractivity contribution in [2.45, 2.75) is 20.4 Å². The first-order valence-corrected chi connectivity index (χ1v) is 7.35. The fraction of sp³-hybridized carbons (Fsp3) is 0.176. The van der Waals surface area contributed by atoms with Gasteiger partial charge in [0.15, 0.2) is 5.69 Å². The Kier molecular flexibility index (Phi) is 3.89. The molecular formula is C17H16N4O2. The third-order valence-corrected chi connectivity index (χ3v) is 3.51. The second-order valence-electron chi connectivity index (χ2n) is 5.13. The minimum atomic E-state index is -0.555. The number of nitrogens with zero attached hydrogens (tertiary/aromatic N) is 3. The maximum absolute atomic E-state index is 12.5. The molecule has 0 atom stereocenters. The predicted octanol–water partition coefficient (Wildman–Crippen LogP) is 2.37. The fourth-order valence-electron chi connectivity index (χ4n) is 2.42. The summed E-state index contributed by atoms with van der Waals surface area (Å²) in [6, 6.07) is 12.4. The van der Waals surface area contributed by atoms with Crippen LogP contribution in [0.25, 0.3) is 10.9 Å². The lowest BCUT2D eigenvalue weighted by Gasteiger charge is -2.10. The van der Waals surface area contributed by atoms with Crippen molar-refractivity contribution >= 4 is 22.6 Å². The summed E-state index contributed by atoms with van der Waals surface area (Å²) in [5.74, 6) is -0.159. The average Bonchev–Trinajstić information content (AvgIpc) is 2.55. The number of carbonyl (C=O) groups is 1. The molecule has 116 valence electrons. The van der Waals surface area contributed by atoms with Gasteiger partial charge < -0.3 is 5.32 Å². The molecule has 23 heavy (non-hydrogen) atoms. The first kappa shape index (κ1) is 14.9. The summed E-state index contributed by atoms with van der Waals surface area (Å²) in [6.45, 7) is 4.30. The SMILES string of the molecule is CCn1nc(C(=O)Nc2cccc(C)n2)c(=O)c2ccccc21. The highest BCUT2D eigenvalue weighted by molar-refractivity contribution is 6.03. The van der Waals surface area contributed by atoms with Crippen LogP contribution >= 0.6 is 0 Å². The van der Waals surface area contributed by atoms with Crippen LogP contribution in [0.4, 0.5) is 5.82 Å². The quantitative estimate of drug-likeness (QED) is 0.806. The molecule has 0 bridgehead atoms. The molecule has 1 aromatic carbocycles. The van der Waals surface area contributed by atoms with E-state index in [9.17, 15) is 9.59 Å². The van der Waals surface area contributed by atoms with E-state index in [1.165, 1.54) is 0 Å². The molecule has 2 heterocycles. The van der Waals surface area contributed by atoms with Crippen LogP contribution < -0.4 is 10.7 Å². The molecule has 0 aliphatic carbocycles. The van der Waals surface area contributed by atoms with Crippen molar-refractivity contribution in [3.8, 4) is 0 Å². The van der Waals surface area contributed by atoms with Crippen LogP contribution in [0.1, 0.15) is 23.1 Å². The number of aromatic nitrogens is 3. The molecule has 1 N–H and O–H groups in total. The molecule has 0 saturated heterocycles. The van der Waals surface area contributed by atoms with Gasteiger partial charge in [-0.3, -0.25) is 14.3 Å². The lowest BCUT2D eigenvalue weighted by molar-refractivity contribution is 0.101. The molecule has 0 fully saturated rings. The van der Waals surface area contributed by atoms with Crippen molar-refractivity contribution in [3.63, 3.8) is 0 Å². The Labute approximate surface area is 132 Å². The van der Waals surface area contributed by atoms with Crippen LogP contribution in [0.5, 0.6) is 0 Å². The molecular weight excluding hydrogens is 292 g/mol. The normalized spacial score (nSPS) is 10.7. The second-order valence-corrected chi connectivity index (χ2v) is 5.13. The average molecular weight is 308 g/mol. The Morgan fingerprint density at radius 3 is 2.70 bits per heavy atom. The number of hydrogen-bond donors (Lipinski definition) is 1. The van der Waals surface area contributed by atoms with Crippen molar-refractivity contribution in [3.05, 3.63) is 64.1 Å². The van der Waals surface area contributed by atoms with Crippen LogP contribution in [0, 0.1) is 6.92 Å².